The van der Waals surface area contributed by atoms with Gasteiger partial charge >= 0.3 is 0 Å². The van der Waals surface area contributed by atoms with Gasteiger partial charge in [0.1, 0.15) is 6.07 Å². The quantitative estimate of drug-likeness (QED) is 0.418. The minimum Gasteiger partial charge on any atom is -0.277 e. The van der Waals surface area contributed by atoms with Crippen LogP contribution in [0.3, 0.4) is 0 Å². The molecule has 0 spiro atoms. The van der Waals surface area contributed by atoms with Crippen LogP contribution < -0.4 is 5.43 Å². The molecule has 142 valence electrons. The molecule has 3 rings (SSSR count). The largest absolute Gasteiger partial charge is 0.277 e. The highest BCUT2D eigenvalue weighted by atomic mass is 32.1. The molecule has 0 aliphatic heterocycles. The van der Waals surface area contributed by atoms with Crippen molar-refractivity contribution in [1.82, 2.24) is 4.98 Å². The Labute approximate surface area is 170 Å². The molecule has 1 heterocycles. The summed E-state index contributed by atoms with van der Waals surface area (Å²) < 4.78 is 0. The topological polar surface area (TPSA) is 61.1 Å². The lowest BCUT2D eigenvalue weighted by atomic mass is 10.0. The summed E-state index contributed by atoms with van der Waals surface area (Å²) >= 11 is 1.43. The zero-order chi connectivity index (χ0) is 20.1. The number of hydrogen-bond donors (Lipinski definition) is 1. The van der Waals surface area contributed by atoms with Gasteiger partial charge in [0.05, 0.1) is 11.4 Å². The standard InChI is InChI=1S/C23H24N4S/c1-15(2)11-18-6-8-19(9-7-18)22-14-28-23(25-22)21(13-24)27-26-20-10-5-16(3)17(4)12-20/h5-10,12,14-15,26H,11H2,1-4H3/b27-21-. The van der Waals surface area contributed by atoms with Gasteiger partial charge in [-0.05, 0) is 55.0 Å². The molecule has 5 heteroatoms. The smallest absolute Gasteiger partial charge is 0.196 e. The maximum Gasteiger partial charge on any atom is 0.196 e. The lowest BCUT2D eigenvalue weighted by molar-refractivity contribution is 0.647. The molecule has 0 saturated carbocycles. The molecule has 4 nitrogen and oxygen atoms in total. The third kappa shape index (κ3) is 4.85. The van der Waals surface area contributed by atoms with Crippen LogP contribution in [0.25, 0.3) is 11.3 Å². The average molecular weight is 389 g/mol. The van der Waals surface area contributed by atoms with Crippen molar-refractivity contribution in [3.63, 3.8) is 0 Å². The van der Waals surface area contributed by atoms with Gasteiger partial charge in [0.15, 0.2) is 10.7 Å². The summed E-state index contributed by atoms with van der Waals surface area (Å²) in [5.74, 6) is 0.635. The van der Waals surface area contributed by atoms with Gasteiger partial charge in [-0.1, -0.05) is 44.2 Å². The number of aromatic nitrogens is 1. The fraction of sp³-hybridized carbons (Fsp3) is 0.261. The minimum absolute atomic E-state index is 0.283. The first-order valence-corrected chi connectivity index (χ1v) is 10.2. The molecule has 0 unspecified atom stereocenters. The van der Waals surface area contributed by atoms with Gasteiger partial charge in [-0.2, -0.15) is 10.4 Å². The SMILES string of the molecule is Cc1ccc(N/N=C(/C#N)c2nc(-c3ccc(CC(C)C)cc3)cs2)cc1C. The highest BCUT2D eigenvalue weighted by molar-refractivity contribution is 7.12. The van der Waals surface area contributed by atoms with E-state index >= 15 is 0 Å². The second-order valence-electron chi connectivity index (χ2n) is 7.32. The predicted molar refractivity (Wildman–Crippen MR) is 118 cm³/mol. The maximum absolute atomic E-state index is 9.50. The maximum atomic E-state index is 9.50. The monoisotopic (exact) mass is 388 g/mol. The van der Waals surface area contributed by atoms with Crippen molar-refractivity contribution < 1.29 is 0 Å². The van der Waals surface area contributed by atoms with Gasteiger partial charge in [0.25, 0.3) is 0 Å². The van der Waals surface area contributed by atoms with E-state index in [1.54, 1.807) is 0 Å². The summed E-state index contributed by atoms with van der Waals surface area (Å²) in [5, 5.41) is 16.3. The molecule has 0 radical (unpaired) electrons. The van der Waals surface area contributed by atoms with Crippen LogP contribution in [-0.4, -0.2) is 10.7 Å². The minimum atomic E-state index is 0.283. The average Bonchev–Trinajstić information content (AvgIpc) is 3.15. The van der Waals surface area contributed by atoms with Gasteiger partial charge in [0.2, 0.25) is 0 Å². The second kappa shape index (κ2) is 8.81. The van der Waals surface area contributed by atoms with Crippen LogP contribution in [0.15, 0.2) is 52.9 Å². The number of hydrazone groups is 1. The lowest BCUT2D eigenvalue weighted by Gasteiger charge is -2.05. The van der Waals surface area contributed by atoms with E-state index < -0.39 is 0 Å². The molecule has 1 N–H and O–H groups in total. The van der Waals surface area contributed by atoms with E-state index in [0.29, 0.717) is 10.9 Å². The molecule has 0 saturated heterocycles. The van der Waals surface area contributed by atoms with E-state index in [-0.39, 0.29) is 5.71 Å². The Bertz CT molecular complexity index is 1020. The number of nitrogens with one attached hydrogen (secondary N) is 1. The van der Waals surface area contributed by atoms with Crippen molar-refractivity contribution in [2.75, 3.05) is 5.43 Å². The first-order valence-electron chi connectivity index (χ1n) is 9.32. The Hall–Kier alpha value is -2.97. The first-order chi connectivity index (χ1) is 13.5. The van der Waals surface area contributed by atoms with Gasteiger partial charge in [-0.3, -0.25) is 5.43 Å². The Morgan fingerprint density at radius 1 is 1.14 bits per heavy atom. The summed E-state index contributed by atoms with van der Waals surface area (Å²) in [6.45, 7) is 8.55. The zero-order valence-electron chi connectivity index (χ0n) is 16.7. The molecule has 2 aromatic carbocycles. The van der Waals surface area contributed by atoms with E-state index in [9.17, 15) is 5.26 Å². The van der Waals surface area contributed by atoms with Crippen molar-refractivity contribution in [3.05, 3.63) is 69.5 Å². The third-order valence-electron chi connectivity index (χ3n) is 4.51. The van der Waals surface area contributed by atoms with Crippen molar-refractivity contribution in [3.8, 4) is 17.3 Å². The first kappa shape index (κ1) is 19.8. The van der Waals surface area contributed by atoms with Crippen LogP contribution in [-0.2, 0) is 6.42 Å². The van der Waals surface area contributed by atoms with E-state index in [2.05, 4.69) is 73.5 Å². The van der Waals surface area contributed by atoms with Crippen LogP contribution in [0.1, 0.15) is 35.5 Å². The van der Waals surface area contributed by atoms with E-state index in [4.69, 9.17) is 0 Å². The van der Waals surface area contributed by atoms with Crippen LogP contribution in [0.5, 0.6) is 0 Å². The third-order valence-corrected chi connectivity index (χ3v) is 5.36. The van der Waals surface area contributed by atoms with Crippen LogP contribution in [0, 0.1) is 31.1 Å². The number of nitriles is 1. The number of benzene rings is 2. The van der Waals surface area contributed by atoms with Crippen molar-refractivity contribution >= 4 is 22.7 Å². The molecule has 0 amide bonds. The van der Waals surface area contributed by atoms with Crippen molar-refractivity contribution in [1.29, 1.82) is 5.26 Å². The fourth-order valence-corrected chi connectivity index (χ4v) is 3.62. The molecule has 3 aromatic rings. The molecule has 0 aliphatic rings. The molecule has 0 aliphatic carbocycles. The molecule has 1 aromatic heterocycles. The number of thiazole rings is 1. The van der Waals surface area contributed by atoms with Gasteiger partial charge < -0.3 is 0 Å². The molecule has 0 fully saturated rings. The molecular weight excluding hydrogens is 364 g/mol. The van der Waals surface area contributed by atoms with Crippen molar-refractivity contribution in [2.45, 2.75) is 34.1 Å². The molecule has 0 bridgehead atoms. The van der Waals surface area contributed by atoms with Gasteiger partial charge in [-0.25, -0.2) is 4.98 Å². The summed E-state index contributed by atoms with van der Waals surface area (Å²) in [6.07, 6.45) is 1.07. The number of anilines is 1. The summed E-state index contributed by atoms with van der Waals surface area (Å²) in [4.78, 5) is 4.61. The molecule has 0 atom stereocenters. The Kier molecular flexibility index (Phi) is 6.23. The van der Waals surface area contributed by atoms with Crippen LogP contribution in [0.4, 0.5) is 5.69 Å². The number of hydrogen-bond acceptors (Lipinski definition) is 5. The highest BCUT2D eigenvalue weighted by Gasteiger charge is 2.11. The van der Waals surface area contributed by atoms with Gasteiger partial charge in [0, 0.05) is 10.9 Å². The van der Waals surface area contributed by atoms with E-state index in [0.717, 1.165) is 23.4 Å². The summed E-state index contributed by atoms with van der Waals surface area (Å²) in [6, 6.07) is 16.6. The van der Waals surface area contributed by atoms with Crippen LogP contribution in [0.2, 0.25) is 0 Å². The lowest BCUT2D eigenvalue weighted by Crippen LogP contribution is -2.01. The molecule has 28 heavy (non-hydrogen) atoms. The zero-order valence-corrected chi connectivity index (χ0v) is 17.5. The Balaban J connectivity index is 1.77. The van der Waals surface area contributed by atoms with E-state index in [1.165, 1.54) is 28.0 Å². The van der Waals surface area contributed by atoms with Gasteiger partial charge in [-0.15, -0.1) is 11.3 Å². The molecular formula is C23H24N4S. The summed E-state index contributed by atoms with van der Waals surface area (Å²) in [7, 11) is 0. The number of rotatable bonds is 6. The highest BCUT2D eigenvalue weighted by Crippen LogP contribution is 2.23. The van der Waals surface area contributed by atoms with E-state index in [1.807, 2.05) is 23.6 Å². The second-order valence-corrected chi connectivity index (χ2v) is 8.17. The Morgan fingerprint density at radius 2 is 1.89 bits per heavy atom. The number of aryl methyl sites for hydroxylation is 2. The van der Waals surface area contributed by atoms with Crippen LogP contribution >= 0.6 is 11.3 Å². The summed E-state index contributed by atoms with van der Waals surface area (Å²) in [5.41, 5.74) is 9.75. The Morgan fingerprint density at radius 3 is 2.54 bits per heavy atom. The number of nitrogens with zero attached hydrogens (tertiary/aromatic N) is 3. The normalized spacial score (nSPS) is 11.5. The fourth-order valence-electron chi connectivity index (χ4n) is 2.85. The van der Waals surface area contributed by atoms with Crippen molar-refractivity contribution in [2.24, 2.45) is 11.0 Å². The predicted octanol–water partition coefficient (Wildman–Crippen LogP) is 5.97.